The van der Waals surface area contributed by atoms with Crippen molar-refractivity contribution in [2.24, 2.45) is 5.92 Å². The zero-order chi connectivity index (χ0) is 21.6. The molecule has 1 fully saturated rings. The summed E-state index contributed by atoms with van der Waals surface area (Å²) in [5.74, 6) is 2.02. The summed E-state index contributed by atoms with van der Waals surface area (Å²) in [6.07, 6.45) is 4.73. The van der Waals surface area contributed by atoms with Crippen LogP contribution in [0.3, 0.4) is 0 Å². The molecular formula is C24H28ClN3O3. The predicted molar refractivity (Wildman–Crippen MR) is 122 cm³/mol. The van der Waals surface area contributed by atoms with Gasteiger partial charge in [-0.2, -0.15) is 0 Å². The molecule has 2 heterocycles. The van der Waals surface area contributed by atoms with E-state index in [4.69, 9.17) is 26.1 Å². The monoisotopic (exact) mass is 441 g/mol. The van der Waals surface area contributed by atoms with Crippen LogP contribution in [0.4, 0.5) is 0 Å². The predicted octanol–water partition coefficient (Wildman–Crippen LogP) is 4.84. The minimum Gasteiger partial charge on any atom is -0.486 e. The second-order valence-corrected chi connectivity index (χ2v) is 8.39. The number of nitrogens with zero attached hydrogens (tertiary/aromatic N) is 2. The summed E-state index contributed by atoms with van der Waals surface area (Å²) < 4.78 is 13.0. The Morgan fingerprint density at radius 1 is 1.19 bits per heavy atom. The molecule has 0 unspecified atom stereocenters. The first-order valence-corrected chi connectivity index (χ1v) is 11.2. The average Bonchev–Trinajstić information content (AvgIpc) is 3.15. The molecule has 4 rings (SSSR count). The number of fused-ring (bicyclic) bond motifs is 1. The molecule has 164 valence electrons. The van der Waals surface area contributed by atoms with Crippen molar-refractivity contribution in [3.8, 4) is 5.75 Å². The number of hydrogen-bond donors (Lipinski definition) is 1. The topological polar surface area (TPSA) is 65.4 Å². The Balaban J connectivity index is 1.55. The van der Waals surface area contributed by atoms with Gasteiger partial charge in [0.05, 0.1) is 23.7 Å². The summed E-state index contributed by atoms with van der Waals surface area (Å²) in [7, 11) is 1.40. The Bertz CT molecular complexity index is 1030. The lowest BCUT2D eigenvalue weighted by atomic mass is 9.93. The molecule has 0 aliphatic carbocycles. The van der Waals surface area contributed by atoms with Crippen molar-refractivity contribution in [1.82, 2.24) is 14.9 Å². The highest BCUT2D eigenvalue weighted by molar-refractivity contribution is 6.30. The fraction of sp³-hybridized carbons (Fsp3) is 0.417. The highest BCUT2D eigenvalue weighted by atomic mass is 35.5. The van der Waals surface area contributed by atoms with E-state index in [1.165, 1.54) is 26.4 Å². The Labute approximate surface area is 187 Å². The third-order valence-corrected chi connectivity index (χ3v) is 6.13. The molecule has 3 aromatic rings. The summed E-state index contributed by atoms with van der Waals surface area (Å²) in [6, 6.07) is 12.8. The molecule has 0 amide bonds. The number of rotatable bonds is 8. The zero-order valence-corrected chi connectivity index (χ0v) is 18.5. The lowest BCUT2D eigenvalue weighted by Gasteiger charge is -2.22. The normalized spacial score (nSPS) is 14.6. The van der Waals surface area contributed by atoms with E-state index in [0.29, 0.717) is 17.2 Å². The van der Waals surface area contributed by atoms with E-state index in [9.17, 15) is 4.79 Å². The van der Waals surface area contributed by atoms with Crippen LogP contribution in [0.5, 0.6) is 5.75 Å². The van der Waals surface area contributed by atoms with Crippen molar-refractivity contribution in [3.05, 3.63) is 58.9 Å². The van der Waals surface area contributed by atoms with Crippen LogP contribution >= 0.6 is 11.6 Å². The van der Waals surface area contributed by atoms with Crippen LogP contribution in [0.1, 0.15) is 41.9 Å². The number of nitrogens with one attached hydrogen (secondary N) is 1. The van der Waals surface area contributed by atoms with Gasteiger partial charge >= 0.3 is 5.97 Å². The Hall–Kier alpha value is -2.57. The number of carbonyl (C=O) groups is 1. The third kappa shape index (κ3) is 5.38. The lowest BCUT2D eigenvalue weighted by molar-refractivity contribution is 0.0601. The maximum Gasteiger partial charge on any atom is 0.337 e. The number of piperidine rings is 1. The third-order valence-electron chi connectivity index (χ3n) is 5.88. The minimum atomic E-state index is -0.344. The molecule has 0 bridgehead atoms. The maximum atomic E-state index is 12.0. The number of methoxy groups -OCH3 is 1. The molecule has 7 heteroatoms. The Morgan fingerprint density at radius 3 is 2.71 bits per heavy atom. The van der Waals surface area contributed by atoms with Crippen molar-refractivity contribution < 1.29 is 14.3 Å². The maximum absolute atomic E-state index is 12.0. The highest BCUT2D eigenvalue weighted by Gasteiger charge is 2.17. The molecular weight excluding hydrogens is 414 g/mol. The molecule has 1 aliphatic rings. The van der Waals surface area contributed by atoms with Crippen molar-refractivity contribution in [3.63, 3.8) is 0 Å². The summed E-state index contributed by atoms with van der Waals surface area (Å²) >= 11 is 5.97. The molecule has 0 atom stereocenters. The van der Waals surface area contributed by atoms with E-state index in [1.54, 1.807) is 6.07 Å². The van der Waals surface area contributed by atoms with E-state index in [0.717, 1.165) is 54.6 Å². The molecule has 6 nitrogen and oxygen atoms in total. The summed E-state index contributed by atoms with van der Waals surface area (Å²) in [5.41, 5.74) is 2.31. The van der Waals surface area contributed by atoms with Gasteiger partial charge in [0, 0.05) is 11.6 Å². The molecule has 1 N–H and O–H groups in total. The van der Waals surface area contributed by atoms with Gasteiger partial charge < -0.3 is 19.4 Å². The van der Waals surface area contributed by atoms with Gasteiger partial charge in [0.2, 0.25) is 0 Å². The van der Waals surface area contributed by atoms with Crippen LogP contribution in [0.15, 0.2) is 42.5 Å². The number of ether oxygens (including phenoxy) is 2. The van der Waals surface area contributed by atoms with Crippen molar-refractivity contribution in [2.75, 3.05) is 20.2 Å². The fourth-order valence-electron chi connectivity index (χ4n) is 4.16. The lowest BCUT2D eigenvalue weighted by Crippen LogP contribution is -2.27. The second kappa shape index (κ2) is 10.2. The molecule has 1 aromatic heterocycles. The smallest absolute Gasteiger partial charge is 0.337 e. The number of esters is 1. The highest BCUT2D eigenvalue weighted by Crippen LogP contribution is 2.24. The van der Waals surface area contributed by atoms with Gasteiger partial charge in [-0.1, -0.05) is 11.6 Å². The first kappa shape index (κ1) is 21.7. The zero-order valence-electron chi connectivity index (χ0n) is 17.8. The van der Waals surface area contributed by atoms with Crippen LogP contribution in [-0.4, -0.2) is 35.7 Å². The summed E-state index contributed by atoms with van der Waals surface area (Å²) in [5, 5.41) is 4.10. The van der Waals surface area contributed by atoms with Crippen LogP contribution in [0.2, 0.25) is 5.02 Å². The number of imidazole rings is 1. The molecule has 31 heavy (non-hydrogen) atoms. The first-order valence-electron chi connectivity index (χ1n) is 10.8. The molecule has 0 saturated carbocycles. The molecule has 2 aromatic carbocycles. The minimum absolute atomic E-state index is 0.344. The van der Waals surface area contributed by atoms with E-state index >= 15 is 0 Å². The second-order valence-electron chi connectivity index (χ2n) is 7.95. The van der Waals surface area contributed by atoms with E-state index < -0.39 is 0 Å². The van der Waals surface area contributed by atoms with Crippen LogP contribution < -0.4 is 10.1 Å². The van der Waals surface area contributed by atoms with Crippen molar-refractivity contribution in [2.45, 2.75) is 38.8 Å². The number of halogens is 1. The number of carbonyl (C=O) groups excluding carboxylic acids is 1. The molecule has 0 radical (unpaired) electrons. The number of hydrogen-bond acceptors (Lipinski definition) is 5. The van der Waals surface area contributed by atoms with Gasteiger partial charge in [0.25, 0.3) is 0 Å². The van der Waals surface area contributed by atoms with Crippen molar-refractivity contribution >= 4 is 28.6 Å². The van der Waals surface area contributed by atoms with Gasteiger partial charge in [-0.15, -0.1) is 0 Å². The standard InChI is InChI=1S/C24H28ClN3O3/c1-30-24(29)18-4-9-21-22(15-18)28(14-2-3-17-10-12-26-13-11-17)23(27-21)16-31-20-7-5-19(25)6-8-20/h4-9,15,17,26H,2-3,10-14,16H2,1H3. The van der Waals surface area contributed by atoms with Gasteiger partial charge in [-0.25, -0.2) is 9.78 Å². The average molecular weight is 442 g/mol. The van der Waals surface area contributed by atoms with Crippen LogP contribution in [0, 0.1) is 5.92 Å². The number of benzene rings is 2. The number of aromatic nitrogens is 2. The quantitative estimate of drug-likeness (QED) is 0.507. The Morgan fingerprint density at radius 2 is 1.97 bits per heavy atom. The van der Waals surface area contributed by atoms with Gasteiger partial charge in [0.1, 0.15) is 18.2 Å². The van der Waals surface area contributed by atoms with E-state index in [-0.39, 0.29) is 5.97 Å². The van der Waals surface area contributed by atoms with Crippen LogP contribution in [-0.2, 0) is 17.9 Å². The van der Waals surface area contributed by atoms with Crippen molar-refractivity contribution in [1.29, 1.82) is 0 Å². The van der Waals surface area contributed by atoms with E-state index in [2.05, 4.69) is 9.88 Å². The largest absolute Gasteiger partial charge is 0.486 e. The van der Waals surface area contributed by atoms with Gasteiger partial charge in [0.15, 0.2) is 0 Å². The SMILES string of the molecule is COC(=O)c1ccc2nc(COc3ccc(Cl)cc3)n(CCCC3CCNCC3)c2c1. The molecule has 1 saturated heterocycles. The number of aryl methyl sites for hydroxylation is 1. The van der Waals surface area contributed by atoms with E-state index in [1.807, 2.05) is 36.4 Å². The summed E-state index contributed by atoms with van der Waals surface area (Å²) in [6.45, 7) is 3.41. The fourth-order valence-corrected chi connectivity index (χ4v) is 4.29. The first-order chi connectivity index (χ1) is 15.1. The van der Waals surface area contributed by atoms with Gasteiger partial charge in [-0.3, -0.25) is 0 Å². The Kier molecular flexibility index (Phi) is 7.10. The van der Waals surface area contributed by atoms with Gasteiger partial charge in [-0.05, 0) is 87.2 Å². The molecule has 1 aliphatic heterocycles. The van der Waals surface area contributed by atoms with Crippen LogP contribution in [0.25, 0.3) is 11.0 Å². The summed E-state index contributed by atoms with van der Waals surface area (Å²) in [4.78, 5) is 16.8. The molecule has 0 spiro atoms.